The molecule has 0 radical (unpaired) electrons. The van der Waals surface area contributed by atoms with Gasteiger partial charge in [-0.1, -0.05) is 0 Å². The fourth-order valence-electron chi connectivity index (χ4n) is 2.31. The van der Waals surface area contributed by atoms with Crippen LogP contribution in [0.5, 0.6) is 0 Å². The first-order chi connectivity index (χ1) is 9.58. The highest BCUT2D eigenvalue weighted by molar-refractivity contribution is 5.86. The van der Waals surface area contributed by atoms with Gasteiger partial charge in [0.15, 0.2) is 0 Å². The molecule has 2 aromatic rings. The summed E-state index contributed by atoms with van der Waals surface area (Å²) < 4.78 is 18.7. The van der Waals surface area contributed by atoms with Crippen LogP contribution in [-0.4, -0.2) is 12.2 Å². The predicted molar refractivity (Wildman–Crippen MR) is 70.4 cm³/mol. The summed E-state index contributed by atoms with van der Waals surface area (Å²) in [6, 6.07) is 5.68. The Kier molecular flexibility index (Phi) is 3.04. The summed E-state index contributed by atoms with van der Waals surface area (Å²) in [6.07, 6.45) is 1.44. The standard InChI is InChI=1S/C15H14FNO3/c1-8(17-15(19)12-5-10(12)7-18)14-6-9-4-11(16)2-3-13(9)20-14/h2-4,6-8,10,12H,5H2,1H3,(H,17,19)/t8-,10?,12?/m1/s1. The van der Waals surface area contributed by atoms with Crippen molar-refractivity contribution >= 4 is 23.2 Å². The average Bonchev–Trinajstić information content (AvgIpc) is 3.10. The second kappa shape index (κ2) is 4.74. The maximum Gasteiger partial charge on any atom is 0.224 e. The summed E-state index contributed by atoms with van der Waals surface area (Å²) in [5, 5.41) is 3.48. The van der Waals surface area contributed by atoms with Crippen LogP contribution < -0.4 is 5.32 Å². The van der Waals surface area contributed by atoms with E-state index in [9.17, 15) is 14.0 Å². The van der Waals surface area contributed by atoms with Crippen LogP contribution in [0.1, 0.15) is 25.1 Å². The Balaban J connectivity index is 1.73. The predicted octanol–water partition coefficient (Wildman–Crippen LogP) is 2.58. The van der Waals surface area contributed by atoms with Gasteiger partial charge >= 0.3 is 0 Å². The summed E-state index contributed by atoms with van der Waals surface area (Å²) in [5.74, 6) is -0.249. The maximum absolute atomic E-state index is 13.1. The molecule has 0 saturated heterocycles. The van der Waals surface area contributed by atoms with Gasteiger partial charge in [0, 0.05) is 17.2 Å². The molecule has 1 saturated carbocycles. The van der Waals surface area contributed by atoms with Crippen molar-refractivity contribution in [3.8, 4) is 0 Å². The molecule has 2 unspecified atom stereocenters. The molecule has 4 nitrogen and oxygen atoms in total. The third-order valence-electron chi connectivity index (χ3n) is 3.63. The molecule has 1 aliphatic rings. The van der Waals surface area contributed by atoms with Crippen LogP contribution in [-0.2, 0) is 9.59 Å². The minimum atomic E-state index is -0.326. The SMILES string of the molecule is C[C@@H](NC(=O)C1CC1C=O)c1cc2cc(F)ccc2o1. The number of rotatable bonds is 4. The molecule has 3 atom stereocenters. The Morgan fingerprint density at radius 3 is 3.00 bits per heavy atom. The second-order valence-electron chi connectivity index (χ2n) is 5.20. The molecule has 0 bridgehead atoms. The third-order valence-corrected chi connectivity index (χ3v) is 3.63. The Morgan fingerprint density at radius 1 is 1.50 bits per heavy atom. The Labute approximate surface area is 114 Å². The Bertz CT molecular complexity index is 679. The zero-order valence-corrected chi connectivity index (χ0v) is 10.9. The quantitative estimate of drug-likeness (QED) is 0.872. The molecule has 0 aliphatic heterocycles. The van der Waals surface area contributed by atoms with Gasteiger partial charge in [0.2, 0.25) is 5.91 Å². The molecule has 3 rings (SSSR count). The number of amides is 1. The number of carbonyl (C=O) groups excluding carboxylic acids is 2. The first-order valence-corrected chi connectivity index (χ1v) is 6.53. The fraction of sp³-hybridized carbons (Fsp3) is 0.333. The van der Waals surface area contributed by atoms with Crippen LogP contribution in [0.15, 0.2) is 28.7 Å². The summed E-state index contributed by atoms with van der Waals surface area (Å²) >= 11 is 0. The van der Waals surface area contributed by atoms with Gasteiger partial charge in [0.05, 0.1) is 6.04 Å². The topological polar surface area (TPSA) is 59.3 Å². The van der Waals surface area contributed by atoms with Crippen molar-refractivity contribution in [2.45, 2.75) is 19.4 Å². The third kappa shape index (κ3) is 2.31. The average molecular weight is 275 g/mol. The number of furan rings is 1. The van der Waals surface area contributed by atoms with E-state index in [1.807, 2.05) is 0 Å². The van der Waals surface area contributed by atoms with E-state index >= 15 is 0 Å². The van der Waals surface area contributed by atoms with Gasteiger partial charge in [-0.2, -0.15) is 0 Å². The molecule has 20 heavy (non-hydrogen) atoms. The number of benzene rings is 1. The Hall–Kier alpha value is -2.17. The largest absolute Gasteiger partial charge is 0.459 e. The fourth-order valence-corrected chi connectivity index (χ4v) is 2.31. The summed E-state index contributed by atoms with van der Waals surface area (Å²) in [5.41, 5.74) is 0.583. The van der Waals surface area contributed by atoms with Gasteiger partial charge < -0.3 is 14.5 Å². The molecular weight excluding hydrogens is 261 g/mol. The van der Waals surface area contributed by atoms with Crippen molar-refractivity contribution in [3.05, 3.63) is 35.8 Å². The maximum atomic E-state index is 13.1. The first kappa shape index (κ1) is 12.8. The number of hydrogen-bond donors (Lipinski definition) is 1. The van der Waals surface area contributed by atoms with Crippen molar-refractivity contribution in [2.75, 3.05) is 0 Å². The second-order valence-corrected chi connectivity index (χ2v) is 5.20. The van der Waals surface area contributed by atoms with Crippen LogP contribution in [0, 0.1) is 17.7 Å². The zero-order valence-electron chi connectivity index (χ0n) is 10.9. The molecule has 5 heteroatoms. The van der Waals surface area contributed by atoms with Gasteiger partial charge in [-0.3, -0.25) is 4.79 Å². The van der Waals surface area contributed by atoms with Crippen molar-refractivity contribution < 1.29 is 18.4 Å². The smallest absolute Gasteiger partial charge is 0.224 e. The lowest BCUT2D eigenvalue weighted by atomic mass is 10.2. The molecule has 1 amide bonds. The minimum Gasteiger partial charge on any atom is -0.459 e. The molecule has 1 aromatic carbocycles. The van der Waals surface area contributed by atoms with Crippen LogP contribution in [0.4, 0.5) is 4.39 Å². The molecule has 1 heterocycles. The number of aldehydes is 1. The van der Waals surface area contributed by atoms with E-state index in [0.717, 1.165) is 6.29 Å². The van der Waals surface area contributed by atoms with Gasteiger partial charge in [-0.25, -0.2) is 4.39 Å². The van der Waals surface area contributed by atoms with Crippen molar-refractivity contribution in [2.24, 2.45) is 11.8 Å². The van der Waals surface area contributed by atoms with E-state index in [1.165, 1.54) is 12.1 Å². The lowest BCUT2D eigenvalue weighted by Gasteiger charge is -2.10. The van der Waals surface area contributed by atoms with E-state index in [2.05, 4.69) is 5.32 Å². The van der Waals surface area contributed by atoms with Gasteiger partial charge in [0.25, 0.3) is 0 Å². The highest BCUT2D eigenvalue weighted by atomic mass is 19.1. The number of hydrogen-bond acceptors (Lipinski definition) is 3. The van der Waals surface area contributed by atoms with Crippen LogP contribution in [0.2, 0.25) is 0 Å². The van der Waals surface area contributed by atoms with E-state index < -0.39 is 0 Å². The number of fused-ring (bicyclic) bond motifs is 1. The summed E-state index contributed by atoms with van der Waals surface area (Å²) in [4.78, 5) is 22.4. The van der Waals surface area contributed by atoms with E-state index in [1.54, 1.807) is 19.1 Å². The van der Waals surface area contributed by atoms with Crippen molar-refractivity contribution in [3.63, 3.8) is 0 Å². The van der Waals surface area contributed by atoms with E-state index in [0.29, 0.717) is 23.2 Å². The molecule has 0 spiro atoms. The van der Waals surface area contributed by atoms with Gasteiger partial charge in [-0.05, 0) is 37.6 Å². The molecule has 1 aliphatic carbocycles. The highest BCUT2D eigenvalue weighted by Gasteiger charge is 2.43. The number of halogens is 1. The molecule has 1 fully saturated rings. The van der Waals surface area contributed by atoms with Crippen LogP contribution in [0.3, 0.4) is 0 Å². The molecule has 104 valence electrons. The monoisotopic (exact) mass is 275 g/mol. The number of carbonyl (C=O) groups is 2. The van der Waals surface area contributed by atoms with Crippen molar-refractivity contribution in [1.29, 1.82) is 0 Å². The van der Waals surface area contributed by atoms with Crippen LogP contribution in [0.25, 0.3) is 11.0 Å². The Morgan fingerprint density at radius 2 is 2.30 bits per heavy atom. The van der Waals surface area contributed by atoms with Gasteiger partial charge in [-0.15, -0.1) is 0 Å². The number of nitrogens with one attached hydrogen (secondary N) is 1. The minimum absolute atomic E-state index is 0.138. The summed E-state index contributed by atoms with van der Waals surface area (Å²) in [6.45, 7) is 1.80. The molecule has 1 N–H and O–H groups in total. The lowest BCUT2D eigenvalue weighted by molar-refractivity contribution is -0.124. The lowest BCUT2D eigenvalue weighted by Crippen LogP contribution is -2.28. The van der Waals surface area contributed by atoms with Crippen molar-refractivity contribution in [1.82, 2.24) is 5.32 Å². The van der Waals surface area contributed by atoms with Crippen LogP contribution >= 0.6 is 0 Å². The van der Waals surface area contributed by atoms with E-state index in [4.69, 9.17) is 4.42 Å². The normalized spacial score (nSPS) is 22.5. The molecule has 1 aromatic heterocycles. The summed E-state index contributed by atoms with van der Waals surface area (Å²) in [7, 11) is 0. The van der Waals surface area contributed by atoms with E-state index in [-0.39, 0.29) is 29.6 Å². The van der Waals surface area contributed by atoms with Gasteiger partial charge in [0.1, 0.15) is 23.4 Å². The highest BCUT2D eigenvalue weighted by Crippen LogP contribution is 2.37. The molecular formula is C15H14FNO3. The first-order valence-electron chi connectivity index (χ1n) is 6.53. The zero-order chi connectivity index (χ0) is 14.3.